The first kappa shape index (κ1) is 16.5. The number of hydrogen-bond donors (Lipinski definition) is 2. The molecule has 2 aromatic heterocycles. The molecule has 0 radical (unpaired) electrons. The zero-order chi connectivity index (χ0) is 16.9. The zero-order valence-electron chi connectivity index (χ0n) is 14.5. The van der Waals surface area contributed by atoms with Crippen LogP contribution in [0.3, 0.4) is 0 Å². The quantitative estimate of drug-likeness (QED) is 0.614. The summed E-state index contributed by atoms with van der Waals surface area (Å²) in [5.41, 5.74) is 1.21. The van der Waals surface area contributed by atoms with Gasteiger partial charge < -0.3 is 19.9 Å². The van der Waals surface area contributed by atoms with Gasteiger partial charge in [-0.15, -0.1) is 0 Å². The minimum Gasteiger partial charge on any atom is -0.377 e. The van der Waals surface area contributed by atoms with Crippen LogP contribution in [-0.4, -0.2) is 45.5 Å². The molecule has 0 fully saturated rings. The summed E-state index contributed by atoms with van der Waals surface area (Å²) < 4.78 is 9.18. The monoisotopic (exact) mass is 331 g/mol. The van der Waals surface area contributed by atoms with Gasteiger partial charge in [0.2, 0.25) is 0 Å². The second-order valence-corrected chi connectivity index (χ2v) is 5.98. The van der Waals surface area contributed by atoms with Gasteiger partial charge in [0, 0.05) is 45.6 Å². The molecule has 0 bridgehead atoms. The predicted octanol–water partition coefficient (Wildman–Crippen LogP) is 0.443. The van der Waals surface area contributed by atoms with Crippen molar-refractivity contribution in [1.29, 1.82) is 0 Å². The number of fused-ring (bicyclic) bond motifs is 1. The van der Waals surface area contributed by atoms with Crippen molar-refractivity contribution in [2.24, 2.45) is 12.0 Å². The van der Waals surface area contributed by atoms with Crippen molar-refractivity contribution in [3.05, 3.63) is 35.7 Å². The first-order chi connectivity index (χ1) is 11.7. The van der Waals surface area contributed by atoms with Gasteiger partial charge in [-0.3, -0.25) is 4.99 Å². The normalized spacial score (nSPS) is 17.6. The minimum atomic E-state index is 0.286. The van der Waals surface area contributed by atoms with E-state index in [2.05, 4.69) is 36.3 Å². The third-order valence-electron chi connectivity index (χ3n) is 4.23. The number of aromatic nitrogens is 4. The molecule has 0 spiro atoms. The summed E-state index contributed by atoms with van der Waals surface area (Å²) in [6, 6.07) is 4.42. The molecule has 0 saturated heterocycles. The Morgan fingerprint density at radius 2 is 2.38 bits per heavy atom. The summed E-state index contributed by atoms with van der Waals surface area (Å²) in [6.07, 6.45) is 3.96. The maximum absolute atomic E-state index is 5.11. The zero-order valence-corrected chi connectivity index (χ0v) is 14.5. The maximum Gasteiger partial charge on any atom is 0.191 e. The molecule has 2 aromatic rings. The van der Waals surface area contributed by atoms with E-state index in [4.69, 9.17) is 4.74 Å². The average molecular weight is 331 g/mol. The molecule has 130 valence electrons. The summed E-state index contributed by atoms with van der Waals surface area (Å²) in [7, 11) is 5.49. The average Bonchev–Trinajstić information content (AvgIpc) is 3.16. The van der Waals surface area contributed by atoms with Gasteiger partial charge >= 0.3 is 0 Å². The smallest absolute Gasteiger partial charge is 0.191 e. The molecule has 0 amide bonds. The van der Waals surface area contributed by atoms with Crippen molar-refractivity contribution < 1.29 is 4.74 Å². The number of guanidine groups is 1. The molecular formula is C16H25N7O. The second-order valence-electron chi connectivity index (χ2n) is 5.98. The Bertz CT molecular complexity index is 703. The van der Waals surface area contributed by atoms with Gasteiger partial charge in [-0.1, -0.05) is 0 Å². The van der Waals surface area contributed by atoms with Crippen molar-refractivity contribution in [2.45, 2.75) is 38.6 Å². The third-order valence-corrected chi connectivity index (χ3v) is 4.23. The van der Waals surface area contributed by atoms with Gasteiger partial charge in [0.05, 0.1) is 13.1 Å². The molecule has 1 atom stereocenters. The second kappa shape index (κ2) is 7.48. The molecule has 0 saturated carbocycles. The first-order valence-corrected chi connectivity index (χ1v) is 8.18. The Kier molecular flexibility index (Phi) is 5.14. The van der Waals surface area contributed by atoms with Crippen molar-refractivity contribution >= 4 is 5.96 Å². The van der Waals surface area contributed by atoms with Crippen LogP contribution in [0.1, 0.15) is 23.8 Å². The van der Waals surface area contributed by atoms with E-state index in [-0.39, 0.29) is 6.04 Å². The van der Waals surface area contributed by atoms with Crippen LogP contribution in [0.15, 0.2) is 23.3 Å². The fourth-order valence-electron chi connectivity index (χ4n) is 2.91. The van der Waals surface area contributed by atoms with E-state index in [1.807, 2.05) is 24.0 Å². The summed E-state index contributed by atoms with van der Waals surface area (Å²) in [5.74, 6) is 2.59. The molecule has 0 aliphatic carbocycles. The van der Waals surface area contributed by atoms with E-state index in [1.165, 1.54) is 5.69 Å². The molecule has 3 heterocycles. The number of aliphatic imine (C=N–C) groups is 1. The fourth-order valence-corrected chi connectivity index (χ4v) is 2.91. The first-order valence-electron chi connectivity index (χ1n) is 8.18. The Morgan fingerprint density at radius 1 is 1.50 bits per heavy atom. The Labute approximate surface area is 141 Å². The van der Waals surface area contributed by atoms with Crippen LogP contribution in [0.25, 0.3) is 0 Å². The third kappa shape index (κ3) is 3.76. The highest BCUT2D eigenvalue weighted by Crippen LogP contribution is 2.13. The van der Waals surface area contributed by atoms with E-state index in [0.29, 0.717) is 6.61 Å². The van der Waals surface area contributed by atoms with Crippen molar-refractivity contribution in [1.82, 2.24) is 30.0 Å². The van der Waals surface area contributed by atoms with Gasteiger partial charge in [0.25, 0.3) is 0 Å². The van der Waals surface area contributed by atoms with Crippen molar-refractivity contribution in [3.8, 4) is 0 Å². The van der Waals surface area contributed by atoms with Crippen LogP contribution in [0.4, 0.5) is 0 Å². The molecule has 1 aliphatic heterocycles. The summed E-state index contributed by atoms with van der Waals surface area (Å²) in [6.45, 7) is 1.98. The molecular weight excluding hydrogens is 306 g/mol. The minimum absolute atomic E-state index is 0.286. The SMILES string of the molecule is CN=C(NCc1cccn1C)NC1CCc2nc(COC)nn2C1. The predicted molar refractivity (Wildman–Crippen MR) is 91.6 cm³/mol. The molecule has 1 unspecified atom stereocenters. The Balaban J connectivity index is 1.55. The van der Waals surface area contributed by atoms with Crippen LogP contribution in [0.5, 0.6) is 0 Å². The number of methoxy groups -OCH3 is 1. The van der Waals surface area contributed by atoms with Gasteiger partial charge in [-0.25, -0.2) is 9.67 Å². The molecule has 8 heteroatoms. The van der Waals surface area contributed by atoms with E-state index in [0.717, 1.165) is 43.5 Å². The lowest BCUT2D eigenvalue weighted by atomic mass is 10.1. The standard InChI is InChI=1S/C16H25N7O/c1-17-16(18-9-13-5-4-8-22(13)2)19-12-6-7-15-20-14(11-24-3)21-23(15)10-12/h4-5,8,12H,6-7,9-11H2,1-3H3,(H2,17,18,19). The molecule has 1 aliphatic rings. The molecule has 2 N–H and O–H groups in total. The van der Waals surface area contributed by atoms with Crippen LogP contribution in [0, 0.1) is 0 Å². The lowest BCUT2D eigenvalue weighted by Gasteiger charge is -2.25. The lowest BCUT2D eigenvalue weighted by Crippen LogP contribution is -2.47. The van der Waals surface area contributed by atoms with Gasteiger partial charge in [-0.05, 0) is 18.6 Å². The number of ether oxygens (including phenoxy) is 1. The largest absolute Gasteiger partial charge is 0.377 e. The van der Waals surface area contributed by atoms with Gasteiger partial charge in [0.15, 0.2) is 11.8 Å². The molecule has 0 aromatic carbocycles. The number of aryl methyl sites for hydroxylation is 2. The lowest BCUT2D eigenvalue weighted by molar-refractivity contribution is 0.177. The van der Waals surface area contributed by atoms with E-state index >= 15 is 0 Å². The highest BCUT2D eigenvalue weighted by molar-refractivity contribution is 5.79. The number of nitrogens with one attached hydrogen (secondary N) is 2. The highest BCUT2D eigenvalue weighted by atomic mass is 16.5. The van der Waals surface area contributed by atoms with E-state index in [9.17, 15) is 0 Å². The Morgan fingerprint density at radius 3 is 3.08 bits per heavy atom. The molecule has 8 nitrogen and oxygen atoms in total. The van der Waals surface area contributed by atoms with Gasteiger partial charge in [-0.2, -0.15) is 5.10 Å². The fraction of sp³-hybridized carbons (Fsp3) is 0.562. The van der Waals surface area contributed by atoms with E-state index < -0.39 is 0 Å². The number of rotatable bonds is 5. The highest BCUT2D eigenvalue weighted by Gasteiger charge is 2.22. The molecule has 3 rings (SSSR count). The summed E-state index contributed by atoms with van der Waals surface area (Å²) in [5, 5.41) is 11.3. The topological polar surface area (TPSA) is 81.3 Å². The van der Waals surface area contributed by atoms with Gasteiger partial charge in [0.1, 0.15) is 12.4 Å². The van der Waals surface area contributed by atoms with Crippen molar-refractivity contribution in [2.75, 3.05) is 14.2 Å². The summed E-state index contributed by atoms with van der Waals surface area (Å²) >= 11 is 0. The van der Waals surface area contributed by atoms with E-state index in [1.54, 1.807) is 14.2 Å². The Hall–Kier alpha value is -2.35. The van der Waals surface area contributed by atoms with Crippen LogP contribution < -0.4 is 10.6 Å². The number of hydrogen-bond acceptors (Lipinski definition) is 4. The van der Waals surface area contributed by atoms with Crippen molar-refractivity contribution in [3.63, 3.8) is 0 Å². The summed E-state index contributed by atoms with van der Waals surface area (Å²) in [4.78, 5) is 8.83. The maximum atomic E-state index is 5.11. The molecule has 24 heavy (non-hydrogen) atoms. The van der Waals surface area contributed by atoms with Crippen LogP contribution in [0.2, 0.25) is 0 Å². The van der Waals surface area contributed by atoms with Crippen LogP contribution in [-0.2, 0) is 37.9 Å². The number of nitrogens with zero attached hydrogens (tertiary/aromatic N) is 5. The van der Waals surface area contributed by atoms with Crippen LogP contribution >= 0.6 is 0 Å².